The SMILES string of the molecule is CC(C)(C)OC(=O)CN1CN(c2ccccc2)C2(CCN(C3(c4ccccc4)CCCCCC3)CC2)C1=O. The van der Waals surface area contributed by atoms with E-state index in [9.17, 15) is 9.59 Å². The van der Waals surface area contributed by atoms with Crippen molar-refractivity contribution in [2.45, 2.75) is 88.8 Å². The minimum absolute atomic E-state index is 0.0150. The average Bonchev–Trinajstić information content (AvgIpc) is 3.06. The van der Waals surface area contributed by atoms with E-state index >= 15 is 0 Å². The van der Waals surface area contributed by atoms with E-state index in [0.29, 0.717) is 6.67 Å². The van der Waals surface area contributed by atoms with Crippen LogP contribution in [0.5, 0.6) is 0 Å². The van der Waals surface area contributed by atoms with E-state index < -0.39 is 11.1 Å². The van der Waals surface area contributed by atoms with E-state index in [0.717, 1.165) is 31.6 Å². The second-order valence-corrected chi connectivity index (χ2v) is 12.3. The molecule has 0 aromatic heterocycles. The van der Waals surface area contributed by atoms with Crippen LogP contribution in [-0.4, -0.2) is 59.1 Å². The topological polar surface area (TPSA) is 53.1 Å². The van der Waals surface area contributed by atoms with Gasteiger partial charge in [0.05, 0.1) is 6.67 Å². The Kier molecular flexibility index (Phi) is 7.54. The number of nitrogens with zero attached hydrogens (tertiary/aromatic N) is 3. The smallest absolute Gasteiger partial charge is 0.326 e. The number of hydrogen-bond donors (Lipinski definition) is 0. The van der Waals surface area contributed by atoms with Gasteiger partial charge < -0.3 is 14.5 Å². The highest BCUT2D eigenvalue weighted by Gasteiger charge is 2.56. The predicted octanol–water partition coefficient (Wildman–Crippen LogP) is 5.72. The summed E-state index contributed by atoms with van der Waals surface area (Å²) < 4.78 is 5.58. The maximum atomic E-state index is 14.1. The summed E-state index contributed by atoms with van der Waals surface area (Å²) in [5.41, 5.74) is 1.28. The van der Waals surface area contributed by atoms with Gasteiger partial charge in [0.25, 0.3) is 5.91 Å². The second kappa shape index (κ2) is 10.7. The Bertz CT molecular complexity index is 1100. The first-order chi connectivity index (χ1) is 18.2. The number of rotatable bonds is 5. The first kappa shape index (κ1) is 26.7. The van der Waals surface area contributed by atoms with Crippen LogP contribution in [0.15, 0.2) is 60.7 Å². The number of likely N-dealkylation sites (tertiary alicyclic amines) is 1. The van der Waals surface area contributed by atoms with Crippen LogP contribution >= 0.6 is 0 Å². The zero-order chi connectivity index (χ0) is 26.8. The number of esters is 1. The van der Waals surface area contributed by atoms with Crippen molar-refractivity contribution in [1.82, 2.24) is 9.80 Å². The number of anilines is 1. The van der Waals surface area contributed by atoms with Gasteiger partial charge in [-0.3, -0.25) is 14.5 Å². The van der Waals surface area contributed by atoms with Crippen molar-refractivity contribution in [1.29, 1.82) is 0 Å². The molecule has 2 aliphatic heterocycles. The van der Waals surface area contributed by atoms with Crippen molar-refractivity contribution >= 4 is 17.6 Å². The third kappa shape index (κ3) is 5.20. The summed E-state index contributed by atoms with van der Waals surface area (Å²) in [5.74, 6) is -0.295. The van der Waals surface area contributed by atoms with Crippen LogP contribution in [0.1, 0.15) is 77.7 Å². The molecule has 0 bridgehead atoms. The van der Waals surface area contributed by atoms with E-state index in [1.54, 1.807) is 4.90 Å². The van der Waals surface area contributed by atoms with Crippen molar-refractivity contribution in [3.05, 3.63) is 66.2 Å². The number of ether oxygens (including phenoxy) is 1. The number of para-hydroxylation sites is 1. The van der Waals surface area contributed by atoms with Crippen molar-refractivity contribution in [2.75, 3.05) is 31.2 Å². The van der Waals surface area contributed by atoms with Gasteiger partial charge in [-0.2, -0.15) is 0 Å². The highest BCUT2D eigenvalue weighted by Crippen LogP contribution is 2.46. The lowest BCUT2D eigenvalue weighted by Crippen LogP contribution is -2.60. The van der Waals surface area contributed by atoms with Crippen molar-refractivity contribution < 1.29 is 14.3 Å². The van der Waals surface area contributed by atoms with Gasteiger partial charge in [-0.15, -0.1) is 0 Å². The number of amides is 1. The summed E-state index contributed by atoms with van der Waals surface area (Å²) in [5, 5.41) is 0. The van der Waals surface area contributed by atoms with Crippen LogP contribution in [-0.2, 0) is 19.9 Å². The van der Waals surface area contributed by atoms with Crippen LogP contribution in [0.3, 0.4) is 0 Å². The lowest BCUT2D eigenvalue weighted by molar-refractivity contribution is -0.158. The third-order valence-corrected chi connectivity index (χ3v) is 8.76. The summed E-state index contributed by atoms with van der Waals surface area (Å²) in [6.45, 7) is 7.71. The van der Waals surface area contributed by atoms with Crippen LogP contribution in [0.4, 0.5) is 5.69 Å². The van der Waals surface area contributed by atoms with Crippen LogP contribution in [0.2, 0.25) is 0 Å². The molecule has 2 aromatic rings. The lowest BCUT2D eigenvalue weighted by Gasteiger charge is -2.51. The molecule has 0 atom stereocenters. The first-order valence-electron chi connectivity index (χ1n) is 14.4. The zero-order valence-corrected chi connectivity index (χ0v) is 23.3. The first-order valence-corrected chi connectivity index (χ1v) is 14.4. The molecular weight excluding hydrogens is 474 g/mol. The average molecular weight is 518 g/mol. The minimum Gasteiger partial charge on any atom is -0.459 e. The van der Waals surface area contributed by atoms with Gasteiger partial charge in [-0.05, 0) is 64.2 Å². The molecule has 1 amide bonds. The Morgan fingerprint density at radius 2 is 1.39 bits per heavy atom. The number of carbonyl (C=O) groups is 2. The molecule has 0 N–H and O–H groups in total. The molecule has 0 radical (unpaired) electrons. The zero-order valence-electron chi connectivity index (χ0n) is 23.3. The van der Waals surface area contributed by atoms with Gasteiger partial charge in [-0.25, -0.2) is 0 Å². The fourth-order valence-electron chi connectivity index (χ4n) is 7.01. The molecule has 1 spiro atoms. The van der Waals surface area contributed by atoms with Gasteiger partial charge in [0.15, 0.2) is 0 Å². The van der Waals surface area contributed by atoms with E-state index in [2.05, 4.69) is 52.3 Å². The molecule has 5 rings (SSSR count). The minimum atomic E-state index is -0.636. The molecule has 3 fully saturated rings. The van der Waals surface area contributed by atoms with E-state index in [-0.39, 0.29) is 24.0 Å². The number of carbonyl (C=O) groups excluding carboxylic acids is 2. The summed E-state index contributed by atoms with van der Waals surface area (Å²) in [6.07, 6.45) is 8.93. The molecule has 38 heavy (non-hydrogen) atoms. The van der Waals surface area contributed by atoms with Crippen LogP contribution < -0.4 is 4.90 Å². The Labute approximate surface area is 227 Å². The molecule has 2 saturated heterocycles. The Balaban J connectivity index is 1.41. The van der Waals surface area contributed by atoms with E-state index in [4.69, 9.17) is 4.74 Å². The van der Waals surface area contributed by atoms with Gasteiger partial charge in [0, 0.05) is 24.3 Å². The van der Waals surface area contributed by atoms with Crippen molar-refractivity contribution in [3.8, 4) is 0 Å². The highest BCUT2D eigenvalue weighted by molar-refractivity contribution is 5.95. The fourth-order valence-corrected chi connectivity index (χ4v) is 7.01. The highest BCUT2D eigenvalue weighted by atomic mass is 16.6. The van der Waals surface area contributed by atoms with Gasteiger partial charge in [-0.1, -0.05) is 74.2 Å². The second-order valence-electron chi connectivity index (χ2n) is 12.3. The molecular formula is C32H43N3O3. The van der Waals surface area contributed by atoms with Crippen LogP contribution in [0.25, 0.3) is 0 Å². The predicted molar refractivity (Wildman–Crippen MR) is 151 cm³/mol. The van der Waals surface area contributed by atoms with Crippen molar-refractivity contribution in [3.63, 3.8) is 0 Å². The normalized spacial score (nSPS) is 21.9. The lowest BCUT2D eigenvalue weighted by atomic mass is 9.77. The largest absolute Gasteiger partial charge is 0.459 e. The molecule has 6 heteroatoms. The molecule has 204 valence electrons. The Morgan fingerprint density at radius 3 is 1.97 bits per heavy atom. The third-order valence-electron chi connectivity index (χ3n) is 8.76. The maximum absolute atomic E-state index is 14.1. The quantitative estimate of drug-likeness (QED) is 0.375. The summed E-state index contributed by atoms with van der Waals surface area (Å²) >= 11 is 0. The molecule has 6 nitrogen and oxygen atoms in total. The van der Waals surface area contributed by atoms with Gasteiger partial charge in [0.2, 0.25) is 0 Å². The molecule has 3 aliphatic rings. The summed E-state index contributed by atoms with van der Waals surface area (Å²) in [6, 6.07) is 21.2. The molecule has 1 aliphatic carbocycles. The molecule has 1 saturated carbocycles. The van der Waals surface area contributed by atoms with Gasteiger partial charge in [0.1, 0.15) is 17.7 Å². The molecule has 2 aromatic carbocycles. The standard InChI is InChI=1S/C32H43N3O3/c1-30(2,3)38-28(36)24-33-25-35(27-16-10-7-11-17-27)32(29(33)37)20-22-34(23-21-32)31(18-12-4-5-13-19-31)26-14-8-6-9-15-26/h6-11,14-17H,4-5,12-13,18-25H2,1-3H3. The monoisotopic (exact) mass is 517 g/mol. The molecule has 2 heterocycles. The summed E-state index contributed by atoms with van der Waals surface area (Å²) in [7, 11) is 0. The Morgan fingerprint density at radius 1 is 0.816 bits per heavy atom. The van der Waals surface area contributed by atoms with E-state index in [1.165, 1.54) is 44.1 Å². The fraction of sp³-hybridized carbons (Fsp3) is 0.562. The summed E-state index contributed by atoms with van der Waals surface area (Å²) in [4.78, 5) is 33.5. The van der Waals surface area contributed by atoms with E-state index in [1.807, 2.05) is 39.0 Å². The van der Waals surface area contributed by atoms with Crippen LogP contribution in [0, 0.1) is 0 Å². The maximum Gasteiger partial charge on any atom is 0.326 e. The number of benzene rings is 2. The number of hydrogen-bond acceptors (Lipinski definition) is 5. The number of piperidine rings is 1. The van der Waals surface area contributed by atoms with Gasteiger partial charge >= 0.3 is 5.97 Å². The Hall–Kier alpha value is -2.86. The van der Waals surface area contributed by atoms with Crippen molar-refractivity contribution in [2.24, 2.45) is 0 Å². The molecule has 0 unspecified atom stereocenters.